The minimum absolute atomic E-state index is 0.293. The van der Waals surface area contributed by atoms with Gasteiger partial charge in [0, 0.05) is 6.54 Å². The molecule has 0 atom stereocenters. The van der Waals surface area contributed by atoms with E-state index in [9.17, 15) is 17.6 Å². The summed E-state index contributed by atoms with van der Waals surface area (Å²) < 4.78 is 52.0. The van der Waals surface area contributed by atoms with Crippen molar-refractivity contribution in [3.8, 4) is 5.75 Å². The number of halogens is 4. The second-order valence-electron chi connectivity index (χ2n) is 2.55. The largest absolute Gasteiger partial charge is 0.573 e. The van der Waals surface area contributed by atoms with Gasteiger partial charge in [-0.1, -0.05) is 0 Å². The second kappa shape index (κ2) is 3.89. The van der Waals surface area contributed by atoms with Gasteiger partial charge in [0.25, 0.3) is 0 Å². The number of ether oxygens (including phenoxy) is 1. The summed E-state index contributed by atoms with van der Waals surface area (Å²) in [6, 6.07) is 0. The van der Waals surface area contributed by atoms with E-state index in [0.717, 1.165) is 0 Å². The number of rotatable bonds is 2. The van der Waals surface area contributed by atoms with Gasteiger partial charge in [0.1, 0.15) is 5.82 Å². The van der Waals surface area contributed by atoms with Gasteiger partial charge < -0.3 is 16.2 Å². The molecule has 0 bridgehead atoms. The predicted octanol–water partition coefficient (Wildman–Crippen LogP) is 1.16. The number of aromatic nitrogens is 1. The minimum Gasteiger partial charge on any atom is -0.402 e. The number of alkyl halides is 3. The van der Waals surface area contributed by atoms with Crippen LogP contribution >= 0.6 is 0 Å². The van der Waals surface area contributed by atoms with E-state index >= 15 is 0 Å². The molecule has 84 valence electrons. The average molecular weight is 225 g/mol. The fourth-order valence-electron chi connectivity index (χ4n) is 0.947. The molecule has 0 amide bonds. The molecule has 4 nitrogen and oxygen atoms in total. The zero-order chi connectivity index (χ0) is 11.6. The number of anilines is 1. The third-order valence-corrected chi connectivity index (χ3v) is 1.54. The van der Waals surface area contributed by atoms with E-state index in [4.69, 9.17) is 11.5 Å². The molecule has 4 N–H and O–H groups in total. The molecule has 0 aliphatic carbocycles. The first-order valence-electron chi connectivity index (χ1n) is 3.74. The lowest BCUT2D eigenvalue weighted by molar-refractivity contribution is -0.275. The van der Waals surface area contributed by atoms with Gasteiger partial charge in [-0.25, -0.2) is 9.37 Å². The highest BCUT2D eigenvalue weighted by molar-refractivity contribution is 5.48. The van der Waals surface area contributed by atoms with E-state index < -0.39 is 24.5 Å². The lowest BCUT2D eigenvalue weighted by atomic mass is 10.2. The van der Waals surface area contributed by atoms with Crippen molar-refractivity contribution in [2.45, 2.75) is 12.9 Å². The molecule has 0 spiro atoms. The monoisotopic (exact) mass is 225 g/mol. The zero-order valence-corrected chi connectivity index (χ0v) is 7.31. The molecule has 8 heteroatoms. The highest BCUT2D eigenvalue weighted by atomic mass is 19.4. The lowest BCUT2D eigenvalue weighted by Crippen LogP contribution is -2.20. The van der Waals surface area contributed by atoms with Gasteiger partial charge in [-0.3, -0.25) is 0 Å². The van der Waals surface area contributed by atoms with Crippen LogP contribution in [0.2, 0.25) is 0 Å². The molecule has 1 rings (SSSR count). The Labute approximate surface area is 81.8 Å². The highest BCUT2D eigenvalue weighted by Gasteiger charge is 2.34. The number of nitrogens with zero attached hydrogens (tertiary/aromatic N) is 1. The Balaban J connectivity index is 3.20. The summed E-state index contributed by atoms with van der Waals surface area (Å²) in [7, 11) is 0. The van der Waals surface area contributed by atoms with Crippen molar-refractivity contribution in [2.24, 2.45) is 5.73 Å². The molecule has 0 saturated carbocycles. The van der Waals surface area contributed by atoms with Crippen LogP contribution in [0.3, 0.4) is 0 Å². The molecule has 0 aliphatic rings. The lowest BCUT2D eigenvalue weighted by Gasteiger charge is -2.13. The molecule has 0 unspecified atom stereocenters. The summed E-state index contributed by atoms with van der Waals surface area (Å²) in [5.41, 5.74) is 10.0. The van der Waals surface area contributed by atoms with Gasteiger partial charge in [0.05, 0.1) is 11.8 Å². The maximum absolute atomic E-state index is 12.9. The summed E-state index contributed by atoms with van der Waals surface area (Å²) in [5, 5.41) is 0. The first kappa shape index (κ1) is 11.5. The Morgan fingerprint density at radius 3 is 2.47 bits per heavy atom. The van der Waals surface area contributed by atoms with Gasteiger partial charge >= 0.3 is 6.36 Å². The van der Waals surface area contributed by atoms with Gasteiger partial charge in [0.15, 0.2) is 11.6 Å². The van der Waals surface area contributed by atoms with Crippen LogP contribution in [-0.4, -0.2) is 11.3 Å². The summed E-state index contributed by atoms with van der Waals surface area (Å²) in [6.07, 6.45) is -4.46. The molecule has 15 heavy (non-hydrogen) atoms. The van der Waals surface area contributed by atoms with Crippen LogP contribution in [0.15, 0.2) is 6.20 Å². The third-order valence-electron chi connectivity index (χ3n) is 1.54. The SMILES string of the molecule is NCc1c(N)ncc(F)c1OC(F)(F)F. The van der Waals surface area contributed by atoms with Gasteiger partial charge in [-0.05, 0) is 0 Å². The van der Waals surface area contributed by atoms with Gasteiger partial charge in [-0.15, -0.1) is 13.2 Å². The van der Waals surface area contributed by atoms with E-state index in [-0.39, 0.29) is 11.4 Å². The Kier molecular flexibility index (Phi) is 2.98. The molecule has 1 aromatic heterocycles. The van der Waals surface area contributed by atoms with Crippen LogP contribution in [-0.2, 0) is 6.54 Å². The van der Waals surface area contributed by atoms with E-state index in [0.29, 0.717) is 6.20 Å². The zero-order valence-electron chi connectivity index (χ0n) is 7.31. The predicted molar refractivity (Wildman–Crippen MR) is 43.2 cm³/mol. The van der Waals surface area contributed by atoms with E-state index in [1.165, 1.54) is 0 Å². The molecule has 0 fully saturated rings. The van der Waals surface area contributed by atoms with Crippen LogP contribution in [0.4, 0.5) is 23.4 Å². The fourth-order valence-corrected chi connectivity index (χ4v) is 0.947. The van der Waals surface area contributed by atoms with Crippen LogP contribution < -0.4 is 16.2 Å². The van der Waals surface area contributed by atoms with Crippen molar-refractivity contribution in [2.75, 3.05) is 5.73 Å². The number of nitrogens with two attached hydrogens (primary N) is 2. The number of pyridine rings is 1. The maximum atomic E-state index is 12.9. The van der Waals surface area contributed by atoms with Crippen molar-refractivity contribution in [3.63, 3.8) is 0 Å². The van der Waals surface area contributed by atoms with Gasteiger partial charge in [-0.2, -0.15) is 0 Å². The Bertz CT molecular complexity index is 366. The van der Waals surface area contributed by atoms with E-state index in [1.54, 1.807) is 0 Å². The van der Waals surface area contributed by atoms with Gasteiger partial charge in [0.2, 0.25) is 0 Å². The van der Waals surface area contributed by atoms with Crippen LogP contribution in [0.5, 0.6) is 5.75 Å². The minimum atomic E-state index is -5.00. The first-order chi connectivity index (χ1) is 6.85. The molecule has 0 aromatic carbocycles. The molecular formula is C7H7F4N3O. The van der Waals surface area contributed by atoms with E-state index in [2.05, 4.69) is 9.72 Å². The first-order valence-corrected chi connectivity index (χ1v) is 3.74. The van der Waals surface area contributed by atoms with Crippen molar-refractivity contribution in [3.05, 3.63) is 17.6 Å². The topological polar surface area (TPSA) is 74.2 Å². The molecular weight excluding hydrogens is 218 g/mol. The normalized spacial score (nSPS) is 11.5. The molecule has 0 radical (unpaired) electrons. The molecule has 1 aromatic rings. The van der Waals surface area contributed by atoms with Crippen LogP contribution in [0.25, 0.3) is 0 Å². The number of hydrogen-bond donors (Lipinski definition) is 2. The Morgan fingerprint density at radius 2 is 2.00 bits per heavy atom. The molecule has 0 aliphatic heterocycles. The quantitative estimate of drug-likeness (QED) is 0.740. The second-order valence-corrected chi connectivity index (χ2v) is 2.55. The molecule has 0 saturated heterocycles. The summed E-state index contributed by atoms with van der Waals surface area (Å²) in [5.74, 6) is -2.59. The summed E-state index contributed by atoms with van der Waals surface area (Å²) in [4.78, 5) is 3.32. The number of nitrogen functional groups attached to an aromatic ring is 1. The Hall–Kier alpha value is -1.57. The van der Waals surface area contributed by atoms with Crippen LogP contribution in [0, 0.1) is 5.82 Å². The maximum Gasteiger partial charge on any atom is 0.573 e. The van der Waals surface area contributed by atoms with E-state index in [1.807, 2.05) is 0 Å². The Morgan fingerprint density at radius 1 is 1.40 bits per heavy atom. The summed E-state index contributed by atoms with van der Waals surface area (Å²) >= 11 is 0. The third kappa shape index (κ3) is 2.69. The summed E-state index contributed by atoms with van der Waals surface area (Å²) in [6.45, 7) is -0.401. The molecule has 1 heterocycles. The van der Waals surface area contributed by atoms with Crippen molar-refractivity contribution in [1.29, 1.82) is 0 Å². The van der Waals surface area contributed by atoms with Crippen molar-refractivity contribution < 1.29 is 22.3 Å². The number of hydrogen-bond acceptors (Lipinski definition) is 4. The fraction of sp³-hybridized carbons (Fsp3) is 0.286. The van der Waals surface area contributed by atoms with Crippen molar-refractivity contribution >= 4 is 5.82 Å². The average Bonchev–Trinajstić information content (AvgIpc) is 2.10. The standard InChI is InChI=1S/C7H7F4N3O/c8-4-2-14-6(13)3(1-12)5(4)15-7(9,10)11/h2H,1,12H2,(H2,13,14). The highest BCUT2D eigenvalue weighted by Crippen LogP contribution is 2.30. The smallest absolute Gasteiger partial charge is 0.402 e. The van der Waals surface area contributed by atoms with Crippen molar-refractivity contribution in [1.82, 2.24) is 4.98 Å². The van der Waals surface area contributed by atoms with Crippen LogP contribution in [0.1, 0.15) is 5.56 Å².